The first-order valence-corrected chi connectivity index (χ1v) is 7.76. The molecule has 0 aromatic heterocycles. The van der Waals surface area contributed by atoms with Crippen LogP contribution in [-0.2, 0) is 0 Å². The van der Waals surface area contributed by atoms with E-state index in [1.165, 1.54) is 0 Å². The summed E-state index contributed by atoms with van der Waals surface area (Å²) in [6.07, 6.45) is 1.18. The average Bonchev–Trinajstić information content (AvgIpc) is 2.52. The molecule has 0 atom stereocenters. The van der Waals surface area contributed by atoms with Gasteiger partial charge in [0, 0.05) is 10.0 Å². The Morgan fingerprint density at radius 3 is 2.43 bits per heavy atom. The summed E-state index contributed by atoms with van der Waals surface area (Å²) in [7, 11) is 0. The predicted octanol–water partition coefficient (Wildman–Crippen LogP) is 4.41. The highest BCUT2D eigenvalue weighted by molar-refractivity contribution is 9.10. The van der Waals surface area contributed by atoms with Crippen molar-refractivity contribution in [3.8, 4) is 6.07 Å². The molecule has 1 N–H and O–H groups in total. The molecule has 0 unspecified atom stereocenters. The number of rotatable bonds is 4. The third-order valence-corrected chi connectivity index (χ3v) is 4.33. The van der Waals surface area contributed by atoms with E-state index in [-0.39, 0.29) is 5.91 Å². The van der Waals surface area contributed by atoms with Gasteiger partial charge in [-0.15, -0.1) is 0 Å². The average molecular weight is 345 g/mol. The van der Waals surface area contributed by atoms with E-state index in [4.69, 9.17) is 0 Å². The van der Waals surface area contributed by atoms with Crippen molar-refractivity contribution in [3.05, 3.63) is 46.4 Å². The summed E-state index contributed by atoms with van der Waals surface area (Å²) in [4.78, 5) is 12.4. The van der Waals surface area contributed by atoms with E-state index in [0.717, 1.165) is 15.2 Å². The first kappa shape index (κ1) is 15.5. The van der Waals surface area contributed by atoms with Gasteiger partial charge >= 0.3 is 0 Å². The van der Waals surface area contributed by atoms with Gasteiger partial charge in [0.25, 0.3) is 5.91 Å². The highest BCUT2D eigenvalue weighted by Crippen LogP contribution is 2.22. The van der Waals surface area contributed by atoms with Crippen molar-refractivity contribution in [1.82, 2.24) is 5.32 Å². The van der Waals surface area contributed by atoms with Crippen LogP contribution in [-0.4, -0.2) is 11.4 Å². The van der Waals surface area contributed by atoms with Crippen molar-refractivity contribution >= 4 is 32.6 Å². The summed E-state index contributed by atoms with van der Waals surface area (Å²) < 4.78 is 1.01. The smallest absolute Gasteiger partial charge is 0.252 e. The van der Waals surface area contributed by atoms with E-state index in [1.54, 1.807) is 6.07 Å². The normalized spacial score (nSPS) is 11.1. The Balaban J connectivity index is 2.32. The van der Waals surface area contributed by atoms with Crippen LogP contribution in [0, 0.1) is 11.3 Å². The number of hydrogen-bond acceptors (Lipinski definition) is 2. The molecule has 0 bridgehead atoms. The quantitative estimate of drug-likeness (QED) is 0.892. The van der Waals surface area contributed by atoms with Crippen molar-refractivity contribution in [2.45, 2.75) is 32.2 Å². The summed E-state index contributed by atoms with van der Waals surface area (Å²) in [5, 5.41) is 14.2. The molecule has 2 aromatic carbocycles. The first-order chi connectivity index (χ1) is 10.0. The topological polar surface area (TPSA) is 52.9 Å². The molecule has 0 aliphatic carbocycles. The van der Waals surface area contributed by atoms with Gasteiger partial charge in [-0.1, -0.05) is 41.9 Å². The largest absolute Gasteiger partial charge is 0.334 e. The standard InChI is InChI=1S/C17H17BrN2O/c1-3-17(4-2,11-19)20-16(21)14-6-5-13-10-15(18)8-7-12(13)9-14/h5-10H,3-4H2,1-2H3,(H,20,21). The highest BCUT2D eigenvalue weighted by Gasteiger charge is 2.28. The fourth-order valence-electron chi connectivity index (χ4n) is 2.26. The number of amides is 1. The zero-order chi connectivity index (χ0) is 15.5. The van der Waals surface area contributed by atoms with Crippen LogP contribution in [0.2, 0.25) is 0 Å². The fraction of sp³-hybridized carbons (Fsp3) is 0.294. The number of nitrogens with one attached hydrogen (secondary N) is 1. The summed E-state index contributed by atoms with van der Waals surface area (Å²) in [6, 6.07) is 13.7. The SMILES string of the molecule is CCC(C#N)(CC)NC(=O)c1ccc2cc(Br)ccc2c1. The second-order valence-corrected chi connectivity index (χ2v) is 5.98. The maximum atomic E-state index is 12.4. The van der Waals surface area contributed by atoms with E-state index in [0.29, 0.717) is 18.4 Å². The number of halogens is 1. The van der Waals surface area contributed by atoms with Crippen LogP contribution >= 0.6 is 15.9 Å². The number of hydrogen-bond donors (Lipinski definition) is 1. The Morgan fingerprint density at radius 1 is 1.19 bits per heavy atom. The molecule has 2 rings (SSSR count). The van der Waals surface area contributed by atoms with Gasteiger partial charge in [0.15, 0.2) is 0 Å². The Labute approximate surface area is 133 Å². The number of fused-ring (bicyclic) bond motifs is 1. The third kappa shape index (κ3) is 3.25. The fourth-order valence-corrected chi connectivity index (χ4v) is 2.64. The highest BCUT2D eigenvalue weighted by atomic mass is 79.9. The minimum absolute atomic E-state index is 0.204. The van der Waals surface area contributed by atoms with Crippen LogP contribution in [0.3, 0.4) is 0 Å². The number of nitrogens with zero attached hydrogens (tertiary/aromatic N) is 1. The number of carbonyl (C=O) groups is 1. The maximum Gasteiger partial charge on any atom is 0.252 e. The van der Waals surface area contributed by atoms with Gasteiger partial charge in [-0.25, -0.2) is 0 Å². The molecular formula is C17H17BrN2O. The first-order valence-electron chi connectivity index (χ1n) is 6.96. The second kappa shape index (κ2) is 6.28. The zero-order valence-corrected chi connectivity index (χ0v) is 13.7. The van der Waals surface area contributed by atoms with Crippen LogP contribution in [0.15, 0.2) is 40.9 Å². The predicted molar refractivity (Wildman–Crippen MR) is 88.0 cm³/mol. The van der Waals surface area contributed by atoms with Gasteiger partial charge in [-0.3, -0.25) is 4.79 Å². The Bertz CT molecular complexity index is 714. The van der Waals surface area contributed by atoms with Gasteiger partial charge in [0.1, 0.15) is 5.54 Å². The Kier molecular flexibility index (Phi) is 4.64. The summed E-state index contributed by atoms with van der Waals surface area (Å²) in [5.74, 6) is -0.204. The Hall–Kier alpha value is -1.86. The van der Waals surface area contributed by atoms with Crippen LogP contribution in [0.5, 0.6) is 0 Å². The number of carbonyl (C=O) groups excluding carboxylic acids is 1. The van der Waals surface area contributed by atoms with Gasteiger partial charge < -0.3 is 5.32 Å². The molecule has 0 saturated heterocycles. The van der Waals surface area contributed by atoms with Crippen molar-refractivity contribution in [1.29, 1.82) is 5.26 Å². The van der Waals surface area contributed by atoms with Gasteiger partial charge in [0.05, 0.1) is 6.07 Å². The molecule has 21 heavy (non-hydrogen) atoms. The van der Waals surface area contributed by atoms with E-state index in [9.17, 15) is 10.1 Å². The second-order valence-electron chi connectivity index (χ2n) is 5.06. The van der Waals surface area contributed by atoms with E-state index >= 15 is 0 Å². The lowest BCUT2D eigenvalue weighted by Crippen LogP contribution is -2.46. The molecule has 2 aromatic rings. The minimum Gasteiger partial charge on any atom is -0.334 e. The van der Waals surface area contributed by atoms with Crippen LogP contribution in [0.25, 0.3) is 10.8 Å². The summed E-state index contributed by atoms with van der Waals surface area (Å²) >= 11 is 3.43. The Morgan fingerprint density at radius 2 is 1.81 bits per heavy atom. The molecule has 4 heteroatoms. The molecular weight excluding hydrogens is 328 g/mol. The molecule has 108 valence electrons. The molecule has 0 saturated carbocycles. The van der Waals surface area contributed by atoms with Crippen molar-refractivity contribution in [2.24, 2.45) is 0 Å². The monoisotopic (exact) mass is 344 g/mol. The van der Waals surface area contributed by atoms with Crippen molar-refractivity contribution in [3.63, 3.8) is 0 Å². The van der Waals surface area contributed by atoms with Gasteiger partial charge in [-0.2, -0.15) is 5.26 Å². The third-order valence-electron chi connectivity index (χ3n) is 3.84. The molecule has 0 aliphatic rings. The molecule has 0 spiro atoms. The minimum atomic E-state index is -0.786. The lowest BCUT2D eigenvalue weighted by Gasteiger charge is -2.25. The molecule has 0 heterocycles. The summed E-state index contributed by atoms with van der Waals surface area (Å²) in [5.41, 5.74) is -0.211. The lowest BCUT2D eigenvalue weighted by atomic mass is 9.94. The van der Waals surface area contributed by atoms with E-state index < -0.39 is 5.54 Å². The molecule has 0 aliphatic heterocycles. The van der Waals surface area contributed by atoms with Crippen LogP contribution in [0.1, 0.15) is 37.0 Å². The van der Waals surface area contributed by atoms with E-state index in [2.05, 4.69) is 27.3 Å². The lowest BCUT2D eigenvalue weighted by molar-refractivity contribution is 0.0915. The van der Waals surface area contributed by atoms with Crippen molar-refractivity contribution in [2.75, 3.05) is 0 Å². The molecule has 0 fully saturated rings. The molecule has 3 nitrogen and oxygen atoms in total. The maximum absolute atomic E-state index is 12.4. The number of benzene rings is 2. The van der Waals surface area contributed by atoms with Gasteiger partial charge in [0.2, 0.25) is 0 Å². The number of nitriles is 1. The molecule has 1 amide bonds. The van der Waals surface area contributed by atoms with Crippen LogP contribution < -0.4 is 5.32 Å². The van der Waals surface area contributed by atoms with Crippen molar-refractivity contribution < 1.29 is 4.79 Å². The van der Waals surface area contributed by atoms with Crippen LogP contribution in [0.4, 0.5) is 0 Å². The zero-order valence-electron chi connectivity index (χ0n) is 12.1. The summed E-state index contributed by atoms with van der Waals surface area (Å²) in [6.45, 7) is 3.82. The van der Waals surface area contributed by atoms with Gasteiger partial charge in [-0.05, 0) is 47.9 Å². The van der Waals surface area contributed by atoms with E-state index in [1.807, 2.05) is 44.2 Å². The molecule has 0 radical (unpaired) electrons.